The van der Waals surface area contributed by atoms with E-state index >= 15 is 0 Å². The second kappa shape index (κ2) is 1.15. The smallest absolute Gasteiger partial charge is 0.0627 e. The molecule has 0 amide bonds. The molecular formula is C7H10N2. The van der Waals surface area contributed by atoms with Crippen molar-refractivity contribution >= 4 is 0 Å². The lowest BCUT2D eigenvalue weighted by Crippen LogP contribution is -2.71. The predicted molar refractivity (Wildman–Crippen MR) is 33.4 cm³/mol. The van der Waals surface area contributed by atoms with Gasteiger partial charge >= 0.3 is 0 Å². The molecule has 2 heteroatoms. The Morgan fingerprint density at radius 1 is 1.44 bits per heavy atom. The minimum Gasteiger partial charge on any atom is -0.325 e. The lowest BCUT2D eigenvalue weighted by atomic mass is 9.39. The van der Waals surface area contributed by atoms with Gasteiger partial charge in [-0.05, 0) is 24.7 Å². The molecule has 0 saturated heterocycles. The van der Waals surface area contributed by atoms with E-state index in [1.165, 1.54) is 0 Å². The lowest BCUT2D eigenvalue weighted by Gasteiger charge is -2.68. The molecule has 2 N–H and O–H groups in total. The van der Waals surface area contributed by atoms with Gasteiger partial charge in [0.25, 0.3) is 0 Å². The third-order valence-corrected chi connectivity index (χ3v) is 2.64. The molecular weight excluding hydrogens is 112 g/mol. The fourth-order valence-corrected chi connectivity index (χ4v) is 2.44. The van der Waals surface area contributed by atoms with Crippen LogP contribution in [0, 0.1) is 16.7 Å². The molecule has 0 spiro atoms. The highest BCUT2D eigenvalue weighted by atomic mass is 14.9. The van der Waals surface area contributed by atoms with Crippen LogP contribution in [0.4, 0.5) is 0 Å². The molecule has 3 saturated carbocycles. The second-order valence-corrected chi connectivity index (χ2v) is 3.73. The van der Waals surface area contributed by atoms with Gasteiger partial charge in [0.05, 0.1) is 6.07 Å². The van der Waals surface area contributed by atoms with Crippen LogP contribution >= 0.6 is 0 Å². The molecule has 3 aliphatic rings. The van der Waals surface area contributed by atoms with Crippen molar-refractivity contribution in [2.24, 2.45) is 11.1 Å². The molecule has 0 atom stereocenters. The quantitative estimate of drug-likeness (QED) is 0.558. The normalized spacial score (nSPS) is 52.9. The van der Waals surface area contributed by atoms with Gasteiger partial charge in [0.15, 0.2) is 0 Å². The molecule has 0 aliphatic heterocycles. The molecule has 2 nitrogen and oxygen atoms in total. The van der Waals surface area contributed by atoms with E-state index in [2.05, 4.69) is 6.07 Å². The summed E-state index contributed by atoms with van der Waals surface area (Å²) in [4.78, 5) is 0. The van der Waals surface area contributed by atoms with E-state index < -0.39 is 0 Å². The van der Waals surface area contributed by atoms with Crippen LogP contribution in [-0.4, -0.2) is 5.54 Å². The Balaban J connectivity index is 1.99. The summed E-state index contributed by atoms with van der Waals surface area (Å²) < 4.78 is 0. The molecule has 3 fully saturated rings. The highest BCUT2D eigenvalue weighted by molar-refractivity contribution is 5.23. The monoisotopic (exact) mass is 122 g/mol. The highest BCUT2D eigenvalue weighted by Crippen LogP contribution is 2.67. The minimum absolute atomic E-state index is 0.177. The first-order valence-corrected chi connectivity index (χ1v) is 3.34. The van der Waals surface area contributed by atoms with Crippen LogP contribution in [0.3, 0.4) is 0 Å². The molecule has 2 bridgehead atoms. The summed E-state index contributed by atoms with van der Waals surface area (Å²) in [6.45, 7) is 0. The lowest BCUT2D eigenvalue weighted by molar-refractivity contribution is -0.126. The SMILES string of the molecule is N#CCC12CC(N)(C1)C2. The number of nitrogens with two attached hydrogens (primary N) is 1. The zero-order valence-electron chi connectivity index (χ0n) is 5.35. The Morgan fingerprint density at radius 2 is 2.00 bits per heavy atom. The maximum absolute atomic E-state index is 8.38. The first kappa shape index (κ1) is 5.25. The van der Waals surface area contributed by atoms with Crippen molar-refractivity contribution in [3.8, 4) is 6.07 Å². The van der Waals surface area contributed by atoms with Gasteiger partial charge in [-0.2, -0.15) is 5.26 Å². The van der Waals surface area contributed by atoms with E-state index in [0.29, 0.717) is 5.41 Å². The van der Waals surface area contributed by atoms with E-state index in [9.17, 15) is 0 Å². The first-order chi connectivity index (χ1) is 4.18. The van der Waals surface area contributed by atoms with Gasteiger partial charge in [-0.3, -0.25) is 0 Å². The van der Waals surface area contributed by atoms with Crippen LogP contribution in [0.1, 0.15) is 25.7 Å². The second-order valence-electron chi connectivity index (χ2n) is 3.73. The summed E-state index contributed by atoms with van der Waals surface area (Å²) in [5.74, 6) is 0. The molecule has 0 unspecified atom stereocenters. The highest BCUT2D eigenvalue weighted by Gasteiger charge is 2.65. The van der Waals surface area contributed by atoms with Gasteiger partial charge in [-0.1, -0.05) is 0 Å². The zero-order valence-corrected chi connectivity index (χ0v) is 5.35. The summed E-state index contributed by atoms with van der Waals surface area (Å²) in [6, 6.07) is 2.21. The predicted octanol–water partition coefficient (Wildman–Crippen LogP) is 0.781. The molecule has 0 aromatic carbocycles. The molecule has 48 valence electrons. The van der Waals surface area contributed by atoms with Crippen molar-refractivity contribution < 1.29 is 0 Å². The van der Waals surface area contributed by atoms with E-state index in [1.54, 1.807) is 0 Å². The number of hydrogen-bond acceptors (Lipinski definition) is 2. The summed E-state index contributed by atoms with van der Waals surface area (Å²) in [5.41, 5.74) is 6.36. The molecule has 9 heavy (non-hydrogen) atoms. The molecule has 3 rings (SSSR count). The zero-order chi connectivity index (χ0) is 6.54. The Morgan fingerprint density at radius 3 is 2.33 bits per heavy atom. The van der Waals surface area contributed by atoms with Gasteiger partial charge < -0.3 is 5.73 Å². The van der Waals surface area contributed by atoms with E-state index in [-0.39, 0.29) is 5.54 Å². The first-order valence-electron chi connectivity index (χ1n) is 3.34. The number of rotatable bonds is 1. The van der Waals surface area contributed by atoms with Gasteiger partial charge in [0, 0.05) is 12.0 Å². The average Bonchev–Trinajstić information content (AvgIpc) is 1.60. The molecule has 3 aliphatic carbocycles. The Labute approximate surface area is 54.6 Å². The Hall–Kier alpha value is -0.550. The standard InChI is InChI=1S/C7H10N2/c8-2-1-6-3-7(9,4-6)5-6/h1,3-5,9H2. The summed E-state index contributed by atoms with van der Waals surface area (Å²) in [7, 11) is 0. The Kier molecular flexibility index (Phi) is 0.668. The Bertz CT molecular complexity index is 170. The maximum atomic E-state index is 8.38. The van der Waals surface area contributed by atoms with Gasteiger partial charge in [0.1, 0.15) is 0 Å². The van der Waals surface area contributed by atoms with Gasteiger partial charge in [0.2, 0.25) is 0 Å². The van der Waals surface area contributed by atoms with Crippen molar-refractivity contribution in [3.05, 3.63) is 0 Å². The summed E-state index contributed by atoms with van der Waals surface area (Å²) in [6.07, 6.45) is 4.04. The minimum atomic E-state index is 0.177. The number of nitrogens with zero attached hydrogens (tertiary/aromatic N) is 1. The van der Waals surface area contributed by atoms with Crippen LogP contribution in [0.2, 0.25) is 0 Å². The van der Waals surface area contributed by atoms with Crippen LogP contribution < -0.4 is 5.73 Å². The van der Waals surface area contributed by atoms with Crippen LogP contribution in [-0.2, 0) is 0 Å². The van der Waals surface area contributed by atoms with Crippen molar-refractivity contribution in [2.75, 3.05) is 0 Å². The number of nitriles is 1. The van der Waals surface area contributed by atoms with Crippen molar-refractivity contribution in [2.45, 2.75) is 31.2 Å². The molecule has 0 radical (unpaired) electrons. The van der Waals surface area contributed by atoms with Gasteiger partial charge in [-0.15, -0.1) is 0 Å². The van der Waals surface area contributed by atoms with Crippen LogP contribution in [0.5, 0.6) is 0 Å². The van der Waals surface area contributed by atoms with Gasteiger partial charge in [-0.25, -0.2) is 0 Å². The van der Waals surface area contributed by atoms with E-state index in [1.807, 2.05) is 0 Å². The van der Waals surface area contributed by atoms with Crippen molar-refractivity contribution in [1.29, 1.82) is 5.26 Å². The number of hydrogen-bond donors (Lipinski definition) is 1. The average molecular weight is 122 g/mol. The van der Waals surface area contributed by atoms with E-state index in [0.717, 1.165) is 25.7 Å². The third-order valence-electron chi connectivity index (χ3n) is 2.64. The third kappa shape index (κ3) is 0.481. The molecule has 0 aromatic heterocycles. The largest absolute Gasteiger partial charge is 0.325 e. The fraction of sp³-hybridized carbons (Fsp3) is 0.857. The molecule has 0 aromatic rings. The van der Waals surface area contributed by atoms with Crippen LogP contribution in [0.25, 0.3) is 0 Å². The molecule has 0 heterocycles. The summed E-state index contributed by atoms with van der Waals surface area (Å²) >= 11 is 0. The maximum Gasteiger partial charge on any atom is 0.0627 e. The van der Waals surface area contributed by atoms with Crippen molar-refractivity contribution in [1.82, 2.24) is 0 Å². The van der Waals surface area contributed by atoms with Crippen molar-refractivity contribution in [3.63, 3.8) is 0 Å². The summed E-state index contributed by atoms with van der Waals surface area (Å²) in [5, 5.41) is 8.38. The van der Waals surface area contributed by atoms with Crippen LogP contribution in [0.15, 0.2) is 0 Å². The fourth-order valence-electron chi connectivity index (χ4n) is 2.44. The topological polar surface area (TPSA) is 49.8 Å². The van der Waals surface area contributed by atoms with E-state index in [4.69, 9.17) is 11.0 Å².